The van der Waals surface area contributed by atoms with Crippen LogP contribution in [0.15, 0.2) is 77.6 Å². The summed E-state index contributed by atoms with van der Waals surface area (Å²) >= 11 is 6.07. The Bertz CT molecular complexity index is 1370. The molecule has 5 nitrogen and oxygen atoms in total. The molecule has 1 saturated heterocycles. The van der Waals surface area contributed by atoms with Crippen LogP contribution in [0.1, 0.15) is 42.5 Å². The van der Waals surface area contributed by atoms with Gasteiger partial charge in [-0.2, -0.15) is 5.10 Å². The molecular formula is C30H32ClN3O2. The van der Waals surface area contributed by atoms with E-state index >= 15 is 0 Å². The van der Waals surface area contributed by atoms with Gasteiger partial charge in [-0.05, 0) is 86.7 Å². The summed E-state index contributed by atoms with van der Waals surface area (Å²) in [5.74, 6) is 0.313. The molecule has 1 aliphatic rings. The molecule has 0 spiro atoms. The summed E-state index contributed by atoms with van der Waals surface area (Å²) in [5.41, 5.74) is 3.29. The molecule has 2 heterocycles. The van der Waals surface area contributed by atoms with Crippen LogP contribution in [0, 0.1) is 0 Å². The second kappa shape index (κ2) is 11.3. The molecule has 1 fully saturated rings. The fraction of sp³-hybridized carbons (Fsp3) is 0.333. The molecule has 0 aliphatic carbocycles. The second-order valence-electron chi connectivity index (χ2n) is 9.74. The molecule has 0 bridgehead atoms. The van der Waals surface area contributed by atoms with E-state index in [9.17, 15) is 9.90 Å². The van der Waals surface area contributed by atoms with Gasteiger partial charge in [-0.25, -0.2) is 4.68 Å². The molecule has 5 rings (SSSR count). The first kappa shape index (κ1) is 24.5. The number of hydrogen-bond acceptors (Lipinski definition) is 4. The number of aromatic hydroxyl groups is 1. The zero-order valence-electron chi connectivity index (χ0n) is 20.4. The van der Waals surface area contributed by atoms with Gasteiger partial charge in [-0.15, -0.1) is 0 Å². The van der Waals surface area contributed by atoms with Crippen molar-refractivity contribution in [1.29, 1.82) is 0 Å². The number of aromatic nitrogens is 2. The van der Waals surface area contributed by atoms with Gasteiger partial charge in [0, 0.05) is 22.9 Å². The normalized spacial score (nSPS) is 16.1. The first-order valence-electron chi connectivity index (χ1n) is 12.8. The van der Waals surface area contributed by atoms with E-state index in [1.54, 1.807) is 16.8 Å². The second-order valence-corrected chi connectivity index (χ2v) is 10.2. The molecule has 36 heavy (non-hydrogen) atoms. The van der Waals surface area contributed by atoms with Crippen molar-refractivity contribution in [2.75, 3.05) is 13.1 Å². The van der Waals surface area contributed by atoms with Crippen LogP contribution in [-0.4, -0.2) is 38.9 Å². The summed E-state index contributed by atoms with van der Waals surface area (Å²) in [6.45, 7) is 2.72. The van der Waals surface area contributed by atoms with Crippen LogP contribution in [0.5, 0.6) is 5.75 Å². The summed E-state index contributed by atoms with van der Waals surface area (Å²) in [4.78, 5) is 15.9. The van der Waals surface area contributed by atoms with Crippen LogP contribution < -0.4 is 5.56 Å². The lowest BCUT2D eigenvalue weighted by atomic mass is 10.0. The number of phenols is 1. The maximum absolute atomic E-state index is 13.4. The molecule has 0 saturated carbocycles. The first-order chi connectivity index (χ1) is 17.6. The molecule has 1 N–H and O–H groups in total. The Morgan fingerprint density at radius 1 is 0.917 bits per heavy atom. The summed E-state index contributed by atoms with van der Waals surface area (Å²) in [6, 6.07) is 23.5. The van der Waals surface area contributed by atoms with E-state index < -0.39 is 0 Å². The summed E-state index contributed by atoms with van der Waals surface area (Å²) in [7, 11) is 0. The number of unbranched alkanes of at least 4 members (excludes halogenated alkanes) is 1. The molecule has 186 valence electrons. The number of phenolic OH excluding ortho intramolecular Hbond substituents is 1. The number of likely N-dealkylation sites (tertiary alicyclic amines) is 1. The van der Waals surface area contributed by atoms with Crippen LogP contribution in [0.2, 0.25) is 5.02 Å². The van der Waals surface area contributed by atoms with Gasteiger partial charge in [0.05, 0.1) is 17.6 Å². The Balaban J connectivity index is 1.29. The molecule has 1 aromatic heterocycles. The highest BCUT2D eigenvalue weighted by atomic mass is 35.5. The van der Waals surface area contributed by atoms with E-state index in [-0.39, 0.29) is 5.56 Å². The lowest BCUT2D eigenvalue weighted by Crippen LogP contribution is -2.38. The van der Waals surface area contributed by atoms with Gasteiger partial charge in [0.1, 0.15) is 5.75 Å². The summed E-state index contributed by atoms with van der Waals surface area (Å²) in [6.07, 6.45) is 6.13. The van der Waals surface area contributed by atoms with Gasteiger partial charge in [-0.3, -0.25) is 9.69 Å². The van der Waals surface area contributed by atoms with Crippen LogP contribution in [0.3, 0.4) is 0 Å². The molecule has 3 aromatic carbocycles. The van der Waals surface area contributed by atoms with Gasteiger partial charge in [0.2, 0.25) is 0 Å². The monoisotopic (exact) mass is 501 g/mol. The highest BCUT2D eigenvalue weighted by Gasteiger charge is 2.25. The molecule has 1 aliphatic heterocycles. The average molecular weight is 502 g/mol. The smallest absolute Gasteiger partial charge is 0.274 e. The molecule has 6 heteroatoms. The third-order valence-electron chi connectivity index (χ3n) is 7.21. The van der Waals surface area contributed by atoms with Gasteiger partial charge < -0.3 is 5.11 Å². The fourth-order valence-electron chi connectivity index (χ4n) is 5.26. The highest BCUT2D eigenvalue weighted by Crippen LogP contribution is 2.22. The molecular weight excluding hydrogens is 470 g/mol. The maximum Gasteiger partial charge on any atom is 0.274 e. The number of halogens is 1. The lowest BCUT2D eigenvalue weighted by molar-refractivity contribution is 0.221. The van der Waals surface area contributed by atoms with Crippen LogP contribution in [0.4, 0.5) is 0 Å². The topological polar surface area (TPSA) is 58.4 Å². The minimum Gasteiger partial charge on any atom is -0.508 e. The average Bonchev–Trinajstić information content (AvgIpc) is 3.34. The van der Waals surface area contributed by atoms with E-state index in [0.29, 0.717) is 29.8 Å². The third kappa shape index (κ3) is 5.80. The van der Waals surface area contributed by atoms with Crippen LogP contribution >= 0.6 is 11.6 Å². The van der Waals surface area contributed by atoms with Crippen molar-refractivity contribution in [2.24, 2.45) is 0 Å². The van der Waals surface area contributed by atoms with Gasteiger partial charge in [0.25, 0.3) is 5.56 Å². The van der Waals surface area contributed by atoms with E-state index in [4.69, 9.17) is 16.7 Å². The van der Waals surface area contributed by atoms with Crippen molar-refractivity contribution in [3.63, 3.8) is 0 Å². The van der Waals surface area contributed by atoms with Crippen molar-refractivity contribution in [3.05, 3.63) is 105 Å². The Morgan fingerprint density at radius 2 is 1.64 bits per heavy atom. The van der Waals surface area contributed by atoms with Crippen molar-refractivity contribution in [2.45, 2.75) is 51.1 Å². The molecule has 0 amide bonds. The summed E-state index contributed by atoms with van der Waals surface area (Å²) < 4.78 is 1.70. The Kier molecular flexibility index (Phi) is 7.69. The van der Waals surface area contributed by atoms with Crippen molar-refractivity contribution in [1.82, 2.24) is 14.7 Å². The number of benzene rings is 3. The van der Waals surface area contributed by atoms with Gasteiger partial charge in [0.15, 0.2) is 0 Å². The minimum atomic E-state index is -0.00960. The Labute approximate surface area is 217 Å². The molecule has 0 radical (unpaired) electrons. The quantitative estimate of drug-likeness (QED) is 0.293. The number of rotatable bonds is 9. The molecule has 4 aromatic rings. The van der Waals surface area contributed by atoms with Crippen LogP contribution in [-0.2, 0) is 19.4 Å². The zero-order chi connectivity index (χ0) is 24.9. The predicted molar refractivity (Wildman–Crippen MR) is 146 cm³/mol. The van der Waals surface area contributed by atoms with Crippen LogP contribution in [0.25, 0.3) is 10.8 Å². The van der Waals surface area contributed by atoms with E-state index in [1.807, 2.05) is 60.7 Å². The third-order valence-corrected chi connectivity index (χ3v) is 7.46. The predicted octanol–water partition coefficient (Wildman–Crippen LogP) is 5.83. The number of fused-ring (bicyclic) bond motifs is 1. The SMILES string of the molecule is O=c1c2ccccc2c(Cc2ccc(Cl)cc2)nn1C[C@H]1CCCN1CCCCc1ccc(O)cc1. The number of hydrogen-bond donors (Lipinski definition) is 1. The fourth-order valence-corrected chi connectivity index (χ4v) is 5.38. The summed E-state index contributed by atoms with van der Waals surface area (Å²) in [5, 5.41) is 16.7. The minimum absolute atomic E-state index is 0.00960. The van der Waals surface area contributed by atoms with Gasteiger partial charge >= 0.3 is 0 Å². The molecule has 1 atom stereocenters. The van der Waals surface area contributed by atoms with E-state index in [2.05, 4.69) is 4.90 Å². The zero-order valence-corrected chi connectivity index (χ0v) is 21.2. The maximum atomic E-state index is 13.4. The first-order valence-corrected chi connectivity index (χ1v) is 13.2. The van der Waals surface area contributed by atoms with Crippen molar-refractivity contribution >= 4 is 22.4 Å². The lowest BCUT2D eigenvalue weighted by Gasteiger charge is -2.25. The Hall–Kier alpha value is -3.15. The molecule has 0 unspecified atom stereocenters. The standard InChI is InChI=1S/C30H32ClN3O2/c31-24-14-10-23(11-15-24)20-29-27-8-1-2-9-28(27)30(36)34(32-29)21-25-7-5-19-33(25)18-4-3-6-22-12-16-26(35)17-13-22/h1-2,8-17,25,35H,3-7,18-21H2/t25-/m1/s1. The Morgan fingerprint density at radius 3 is 2.42 bits per heavy atom. The van der Waals surface area contributed by atoms with Gasteiger partial charge in [-0.1, -0.05) is 54.1 Å². The van der Waals surface area contributed by atoms with Crippen molar-refractivity contribution < 1.29 is 5.11 Å². The largest absolute Gasteiger partial charge is 0.508 e. The number of aryl methyl sites for hydroxylation is 1. The van der Waals surface area contributed by atoms with E-state index in [0.717, 1.165) is 67.2 Å². The van der Waals surface area contributed by atoms with E-state index in [1.165, 1.54) is 5.56 Å². The number of nitrogens with zero attached hydrogens (tertiary/aromatic N) is 3. The van der Waals surface area contributed by atoms with Crippen molar-refractivity contribution in [3.8, 4) is 5.75 Å². The highest BCUT2D eigenvalue weighted by molar-refractivity contribution is 6.30.